The summed E-state index contributed by atoms with van der Waals surface area (Å²) in [5.41, 5.74) is 2.77. The van der Waals surface area contributed by atoms with E-state index in [2.05, 4.69) is 27.6 Å². The third-order valence-corrected chi connectivity index (χ3v) is 4.64. The lowest BCUT2D eigenvalue weighted by molar-refractivity contribution is 0.196. The van der Waals surface area contributed by atoms with E-state index in [9.17, 15) is 4.79 Å². The number of anilines is 1. The smallest absolute Gasteiger partial charge is 0.319 e. The number of aryl methyl sites for hydroxylation is 1. The Morgan fingerprint density at radius 3 is 2.76 bits per heavy atom. The lowest BCUT2D eigenvalue weighted by Crippen LogP contribution is -2.46. The van der Waals surface area contributed by atoms with Crippen LogP contribution in [0.1, 0.15) is 31.9 Å². The van der Waals surface area contributed by atoms with Crippen molar-refractivity contribution < 1.29 is 4.79 Å². The number of piperidine rings is 1. The molecule has 0 atom stereocenters. The van der Waals surface area contributed by atoms with Gasteiger partial charge in [-0.1, -0.05) is 13.0 Å². The predicted molar refractivity (Wildman–Crippen MR) is 100 cm³/mol. The number of nitrogens with zero attached hydrogens (tertiary/aromatic N) is 3. The van der Waals surface area contributed by atoms with E-state index in [1.54, 1.807) is 6.20 Å². The molecule has 0 spiro atoms. The minimum absolute atomic E-state index is 0.136. The molecule has 2 amide bonds. The Kier molecular flexibility index (Phi) is 5.71. The van der Waals surface area contributed by atoms with Crippen LogP contribution in [-0.2, 0) is 0 Å². The summed E-state index contributed by atoms with van der Waals surface area (Å²) in [6.45, 7) is 7.49. The van der Waals surface area contributed by atoms with E-state index in [0.29, 0.717) is 0 Å². The van der Waals surface area contributed by atoms with Crippen molar-refractivity contribution in [2.75, 3.05) is 25.0 Å². The van der Waals surface area contributed by atoms with Gasteiger partial charge in [0.05, 0.1) is 5.69 Å². The summed E-state index contributed by atoms with van der Waals surface area (Å²) in [6, 6.07) is 9.81. The first kappa shape index (κ1) is 17.5. The Labute approximate surface area is 149 Å². The highest BCUT2D eigenvalue weighted by Crippen LogP contribution is 2.16. The number of nitrogens with one attached hydrogen (secondary N) is 2. The molecule has 6 heteroatoms. The first-order valence-electron chi connectivity index (χ1n) is 9.06. The van der Waals surface area contributed by atoms with Crippen molar-refractivity contribution in [3.63, 3.8) is 0 Å². The summed E-state index contributed by atoms with van der Waals surface area (Å²) >= 11 is 0. The van der Waals surface area contributed by atoms with E-state index >= 15 is 0 Å². The lowest BCUT2D eigenvalue weighted by atomic mass is 10.1. The number of amides is 2. The SMILES string of the molecule is CCCN1CCC(NC(=O)Nc2cccc(-n3nccc3C)c2)CC1. The van der Waals surface area contributed by atoms with Crippen LogP contribution in [0.25, 0.3) is 5.69 Å². The van der Waals surface area contributed by atoms with Gasteiger partial charge in [-0.3, -0.25) is 0 Å². The molecular formula is C19H27N5O. The first-order chi connectivity index (χ1) is 12.2. The van der Waals surface area contributed by atoms with Gasteiger partial charge in [0.25, 0.3) is 0 Å². The van der Waals surface area contributed by atoms with E-state index < -0.39 is 0 Å². The van der Waals surface area contributed by atoms with Gasteiger partial charge in [0.1, 0.15) is 0 Å². The molecule has 2 heterocycles. The number of carbonyl (C=O) groups is 1. The molecule has 1 saturated heterocycles. The summed E-state index contributed by atoms with van der Waals surface area (Å²) in [4.78, 5) is 14.8. The number of urea groups is 1. The van der Waals surface area contributed by atoms with E-state index in [1.165, 1.54) is 6.42 Å². The van der Waals surface area contributed by atoms with Crippen molar-refractivity contribution in [3.8, 4) is 5.69 Å². The maximum Gasteiger partial charge on any atom is 0.319 e. The van der Waals surface area contributed by atoms with Crippen molar-refractivity contribution in [1.29, 1.82) is 0 Å². The molecule has 1 aromatic carbocycles. The average molecular weight is 341 g/mol. The Morgan fingerprint density at radius 2 is 2.08 bits per heavy atom. The van der Waals surface area contributed by atoms with Gasteiger partial charge < -0.3 is 15.5 Å². The van der Waals surface area contributed by atoms with Gasteiger partial charge in [-0.25, -0.2) is 9.48 Å². The van der Waals surface area contributed by atoms with E-state index in [4.69, 9.17) is 0 Å². The zero-order valence-electron chi connectivity index (χ0n) is 15.0. The monoisotopic (exact) mass is 341 g/mol. The van der Waals surface area contributed by atoms with E-state index in [0.717, 1.165) is 49.5 Å². The molecule has 0 radical (unpaired) electrons. The molecule has 1 aliphatic rings. The van der Waals surface area contributed by atoms with Crippen LogP contribution in [0, 0.1) is 6.92 Å². The number of carbonyl (C=O) groups excluding carboxylic acids is 1. The fourth-order valence-electron chi connectivity index (χ4n) is 3.32. The minimum Gasteiger partial charge on any atom is -0.335 e. The highest BCUT2D eigenvalue weighted by Gasteiger charge is 2.20. The molecule has 1 aliphatic heterocycles. The molecule has 0 bridgehead atoms. The van der Waals surface area contributed by atoms with Crippen LogP contribution in [0.4, 0.5) is 10.5 Å². The molecule has 1 aromatic heterocycles. The third-order valence-electron chi connectivity index (χ3n) is 4.64. The Morgan fingerprint density at radius 1 is 1.28 bits per heavy atom. The largest absolute Gasteiger partial charge is 0.335 e. The third kappa shape index (κ3) is 4.60. The Bertz CT molecular complexity index is 703. The van der Waals surface area contributed by atoms with Gasteiger partial charge in [0.15, 0.2) is 0 Å². The number of aromatic nitrogens is 2. The zero-order chi connectivity index (χ0) is 17.6. The van der Waals surface area contributed by atoms with Crippen LogP contribution >= 0.6 is 0 Å². The second-order valence-corrected chi connectivity index (χ2v) is 6.65. The quantitative estimate of drug-likeness (QED) is 0.878. The summed E-state index contributed by atoms with van der Waals surface area (Å²) < 4.78 is 1.85. The fraction of sp³-hybridized carbons (Fsp3) is 0.474. The van der Waals surface area contributed by atoms with Crippen molar-refractivity contribution in [2.45, 2.75) is 39.2 Å². The molecule has 2 N–H and O–H groups in total. The molecular weight excluding hydrogens is 314 g/mol. The van der Waals surface area contributed by atoms with Crippen molar-refractivity contribution in [1.82, 2.24) is 20.0 Å². The van der Waals surface area contributed by atoms with Crippen LogP contribution in [0.2, 0.25) is 0 Å². The van der Waals surface area contributed by atoms with Gasteiger partial charge in [-0.2, -0.15) is 5.10 Å². The minimum atomic E-state index is -0.136. The topological polar surface area (TPSA) is 62.2 Å². The molecule has 6 nitrogen and oxygen atoms in total. The highest BCUT2D eigenvalue weighted by molar-refractivity contribution is 5.89. The van der Waals surface area contributed by atoms with Crippen molar-refractivity contribution >= 4 is 11.7 Å². The number of benzene rings is 1. The van der Waals surface area contributed by atoms with Crippen molar-refractivity contribution in [2.24, 2.45) is 0 Å². The van der Waals surface area contributed by atoms with E-state index in [1.807, 2.05) is 41.9 Å². The van der Waals surface area contributed by atoms with Gasteiger partial charge in [-0.05, 0) is 57.0 Å². The number of hydrogen-bond acceptors (Lipinski definition) is 3. The second-order valence-electron chi connectivity index (χ2n) is 6.65. The molecule has 2 aromatic rings. The summed E-state index contributed by atoms with van der Waals surface area (Å²) in [6.07, 6.45) is 4.98. The maximum absolute atomic E-state index is 12.3. The Hall–Kier alpha value is -2.34. The lowest BCUT2D eigenvalue weighted by Gasteiger charge is -2.32. The molecule has 3 rings (SSSR count). The molecule has 1 fully saturated rings. The average Bonchev–Trinajstić information content (AvgIpc) is 3.03. The van der Waals surface area contributed by atoms with Crippen LogP contribution in [0.5, 0.6) is 0 Å². The van der Waals surface area contributed by atoms with Gasteiger partial charge in [0.2, 0.25) is 0 Å². The van der Waals surface area contributed by atoms with Crippen molar-refractivity contribution in [3.05, 3.63) is 42.2 Å². The molecule has 134 valence electrons. The van der Waals surface area contributed by atoms with Gasteiger partial charge in [-0.15, -0.1) is 0 Å². The van der Waals surface area contributed by atoms with Gasteiger partial charge in [0, 0.05) is 36.7 Å². The summed E-state index contributed by atoms with van der Waals surface area (Å²) in [5.74, 6) is 0. The standard InChI is InChI=1S/C19H27N5O/c1-3-11-23-12-8-16(9-13-23)21-19(25)22-17-5-4-6-18(14-17)24-15(2)7-10-20-24/h4-7,10,14,16H,3,8-9,11-13H2,1-2H3,(H2,21,22,25). The number of likely N-dealkylation sites (tertiary alicyclic amines) is 1. The highest BCUT2D eigenvalue weighted by atomic mass is 16.2. The summed E-state index contributed by atoms with van der Waals surface area (Å²) in [7, 11) is 0. The number of rotatable bonds is 5. The molecule has 0 saturated carbocycles. The normalized spacial score (nSPS) is 15.9. The zero-order valence-corrected chi connectivity index (χ0v) is 15.0. The first-order valence-corrected chi connectivity index (χ1v) is 9.06. The van der Waals surface area contributed by atoms with E-state index in [-0.39, 0.29) is 12.1 Å². The predicted octanol–water partition coefficient (Wildman–Crippen LogP) is 3.18. The second kappa shape index (κ2) is 8.16. The van der Waals surface area contributed by atoms with Crippen LogP contribution in [0.3, 0.4) is 0 Å². The molecule has 0 aliphatic carbocycles. The molecule has 25 heavy (non-hydrogen) atoms. The molecule has 0 unspecified atom stereocenters. The van der Waals surface area contributed by atoms with Crippen LogP contribution in [0.15, 0.2) is 36.5 Å². The number of hydrogen-bond donors (Lipinski definition) is 2. The maximum atomic E-state index is 12.3. The van der Waals surface area contributed by atoms with Crippen LogP contribution < -0.4 is 10.6 Å². The Balaban J connectivity index is 1.54. The van der Waals surface area contributed by atoms with Gasteiger partial charge >= 0.3 is 6.03 Å². The van der Waals surface area contributed by atoms with Crippen LogP contribution in [-0.4, -0.2) is 46.4 Å². The summed E-state index contributed by atoms with van der Waals surface area (Å²) in [5, 5.41) is 10.3. The fourth-order valence-corrected chi connectivity index (χ4v) is 3.32.